The number of hydrogen-bond donors (Lipinski definition) is 3. The van der Waals surface area contributed by atoms with Crippen LogP contribution in [0.15, 0.2) is 18.7 Å². The predicted molar refractivity (Wildman–Crippen MR) is 76.8 cm³/mol. The van der Waals surface area contributed by atoms with Gasteiger partial charge in [0.1, 0.15) is 5.54 Å². The SMILES string of the molecule is CC(NC(=O)NCCCCn1ccnc1)(C(=O)O)C1CC1. The highest BCUT2D eigenvalue weighted by Gasteiger charge is 2.48. The first kappa shape index (κ1) is 15.3. The lowest BCUT2D eigenvalue weighted by Crippen LogP contribution is -2.56. The largest absolute Gasteiger partial charge is 0.480 e. The third kappa shape index (κ3) is 4.21. The number of carboxylic acids is 1. The zero-order valence-corrected chi connectivity index (χ0v) is 12.2. The van der Waals surface area contributed by atoms with Gasteiger partial charge in [0.05, 0.1) is 6.33 Å². The van der Waals surface area contributed by atoms with Crippen molar-refractivity contribution >= 4 is 12.0 Å². The van der Waals surface area contributed by atoms with Gasteiger partial charge in [-0.2, -0.15) is 0 Å². The minimum Gasteiger partial charge on any atom is -0.480 e. The zero-order chi connectivity index (χ0) is 15.3. The summed E-state index contributed by atoms with van der Waals surface area (Å²) in [6.45, 7) is 2.96. The number of carboxylic acid groups (broad SMARTS) is 1. The lowest BCUT2D eigenvalue weighted by molar-refractivity contribution is -0.144. The molecule has 1 atom stereocenters. The Morgan fingerprint density at radius 1 is 1.43 bits per heavy atom. The van der Waals surface area contributed by atoms with Gasteiger partial charge in [0, 0.05) is 25.5 Å². The summed E-state index contributed by atoms with van der Waals surface area (Å²) in [5, 5.41) is 14.6. The average Bonchev–Trinajstić information content (AvgIpc) is 3.17. The zero-order valence-electron chi connectivity index (χ0n) is 12.2. The number of hydrogen-bond acceptors (Lipinski definition) is 3. The molecule has 0 aliphatic heterocycles. The number of amides is 2. The van der Waals surface area contributed by atoms with Crippen LogP contribution in [0.5, 0.6) is 0 Å². The molecule has 1 heterocycles. The summed E-state index contributed by atoms with van der Waals surface area (Å²) < 4.78 is 1.98. The quantitative estimate of drug-likeness (QED) is 0.628. The molecule has 1 aliphatic carbocycles. The third-order valence-corrected chi connectivity index (χ3v) is 3.90. The highest BCUT2D eigenvalue weighted by Crippen LogP contribution is 2.39. The molecule has 0 saturated heterocycles. The van der Waals surface area contributed by atoms with E-state index in [0.717, 1.165) is 32.2 Å². The van der Waals surface area contributed by atoms with Crippen molar-refractivity contribution in [2.24, 2.45) is 5.92 Å². The number of aliphatic carboxylic acids is 1. The number of nitrogens with one attached hydrogen (secondary N) is 2. The second-order valence-electron chi connectivity index (χ2n) is 5.67. The van der Waals surface area contributed by atoms with Crippen molar-refractivity contribution in [3.8, 4) is 0 Å². The number of unbranched alkanes of at least 4 members (excludes halogenated alkanes) is 1. The summed E-state index contributed by atoms with van der Waals surface area (Å²) >= 11 is 0. The van der Waals surface area contributed by atoms with Gasteiger partial charge in [-0.25, -0.2) is 14.6 Å². The van der Waals surface area contributed by atoms with E-state index in [1.165, 1.54) is 0 Å². The van der Waals surface area contributed by atoms with Crippen LogP contribution in [-0.4, -0.2) is 38.7 Å². The van der Waals surface area contributed by atoms with Crippen molar-refractivity contribution in [2.75, 3.05) is 6.54 Å². The lowest BCUT2D eigenvalue weighted by atomic mass is 9.96. The molecule has 2 amide bonds. The average molecular weight is 294 g/mol. The van der Waals surface area contributed by atoms with Crippen molar-refractivity contribution in [3.63, 3.8) is 0 Å². The summed E-state index contributed by atoms with van der Waals surface area (Å²) in [6.07, 6.45) is 8.86. The van der Waals surface area contributed by atoms with Gasteiger partial charge in [-0.15, -0.1) is 0 Å². The van der Waals surface area contributed by atoms with E-state index in [0.29, 0.717) is 6.54 Å². The van der Waals surface area contributed by atoms with E-state index in [2.05, 4.69) is 15.6 Å². The number of rotatable bonds is 8. The molecule has 1 fully saturated rings. The smallest absolute Gasteiger partial charge is 0.329 e. The fraction of sp³-hybridized carbons (Fsp3) is 0.643. The fourth-order valence-electron chi connectivity index (χ4n) is 2.31. The molecule has 0 bridgehead atoms. The normalized spacial score (nSPS) is 17.0. The molecule has 7 nitrogen and oxygen atoms in total. The van der Waals surface area contributed by atoms with Crippen LogP contribution in [0.3, 0.4) is 0 Å². The summed E-state index contributed by atoms with van der Waals surface area (Å²) in [5.74, 6) is -0.928. The minimum atomic E-state index is -1.15. The molecule has 1 aromatic rings. The van der Waals surface area contributed by atoms with E-state index in [4.69, 9.17) is 0 Å². The molecular weight excluding hydrogens is 272 g/mol. The van der Waals surface area contributed by atoms with Crippen molar-refractivity contribution in [1.82, 2.24) is 20.2 Å². The van der Waals surface area contributed by atoms with E-state index in [1.54, 1.807) is 19.4 Å². The molecule has 1 aromatic heterocycles. The molecule has 0 spiro atoms. The number of imidazole rings is 1. The van der Waals surface area contributed by atoms with E-state index in [1.807, 2.05) is 10.8 Å². The van der Waals surface area contributed by atoms with Gasteiger partial charge in [0.15, 0.2) is 0 Å². The first-order valence-electron chi connectivity index (χ1n) is 7.27. The number of nitrogens with zero attached hydrogens (tertiary/aromatic N) is 2. The molecule has 1 unspecified atom stereocenters. The first-order chi connectivity index (χ1) is 10.0. The number of aromatic nitrogens is 2. The minimum absolute atomic E-state index is 0.0435. The standard InChI is InChI=1S/C14H22N4O3/c1-14(12(19)20,11-4-5-11)17-13(21)16-6-2-3-8-18-9-7-15-10-18/h7,9-11H,2-6,8H2,1H3,(H,19,20)(H2,16,17,21). The number of aryl methyl sites for hydroxylation is 1. The van der Waals surface area contributed by atoms with E-state index >= 15 is 0 Å². The van der Waals surface area contributed by atoms with Crippen molar-refractivity contribution in [3.05, 3.63) is 18.7 Å². The third-order valence-electron chi connectivity index (χ3n) is 3.90. The van der Waals surface area contributed by atoms with Crippen molar-refractivity contribution < 1.29 is 14.7 Å². The summed E-state index contributed by atoms with van der Waals surface area (Å²) in [6, 6.07) is -0.408. The molecule has 7 heteroatoms. The summed E-state index contributed by atoms with van der Waals surface area (Å²) in [7, 11) is 0. The van der Waals surface area contributed by atoms with Gasteiger partial charge < -0.3 is 20.3 Å². The van der Waals surface area contributed by atoms with E-state index in [9.17, 15) is 14.7 Å². The second-order valence-corrected chi connectivity index (χ2v) is 5.67. The fourth-order valence-corrected chi connectivity index (χ4v) is 2.31. The van der Waals surface area contributed by atoms with Gasteiger partial charge in [-0.3, -0.25) is 0 Å². The van der Waals surface area contributed by atoms with Gasteiger partial charge in [0.25, 0.3) is 0 Å². The molecule has 116 valence electrons. The highest BCUT2D eigenvalue weighted by molar-refractivity contribution is 5.86. The maximum atomic E-state index is 11.8. The summed E-state index contributed by atoms with van der Waals surface area (Å²) in [5.41, 5.74) is -1.15. The van der Waals surface area contributed by atoms with Gasteiger partial charge in [0.2, 0.25) is 0 Å². The first-order valence-corrected chi connectivity index (χ1v) is 7.27. The Balaban J connectivity index is 1.64. The van der Waals surface area contributed by atoms with Crippen LogP contribution in [0, 0.1) is 5.92 Å². The van der Waals surface area contributed by atoms with Gasteiger partial charge in [-0.05, 0) is 38.5 Å². The van der Waals surface area contributed by atoms with E-state index in [-0.39, 0.29) is 5.92 Å². The molecule has 1 aliphatic rings. The molecule has 21 heavy (non-hydrogen) atoms. The molecule has 2 rings (SSSR count). The highest BCUT2D eigenvalue weighted by atomic mass is 16.4. The number of urea groups is 1. The van der Waals surface area contributed by atoms with Crippen LogP contribution < -0.4 is 10.6 Å². The van der Waals surface area contributed by atoms with Crippen LogP contribution in [0.2, 0.25) is 0 Å². The molecule has 3 N–H and O–H groups in total. The summed E-state index contributed by atoms with van der Waals surface area (Å²) in [4.78, 5) is 27.0. The van der Waals surface area contributed by atoms with Crippen LogP contribution in [0.25, 0.3) is 0 Å². The molecule has 1 saturated carbocycles. The van der Waals surface area contributed by atoms with Gasteiger partial charge >= 0.3 is 12.0 Å². The van der Waals surface area contributed by atoms with Crippen LogP contribution >= 0.6 is 0 Å². The van der Waals surface area contributed by atoms with E-state index < -0.39 is 17.5 Å². The van der Waals surface area contributed by atoms with Crippen molar-refractivity contribution in [2.45, 2.75) is 44.7 Å². The van der Waals surface area contributed by atoms with Gasteiger partial charge in [-0.1, -0.05) is 0 Å². The Morgan fingerprint density at radius 3 is 2.76 bits per heavy atom. The van der Waals surface area contributed by atoms with Crippen LogP contribution in [0.1, 0.15) is 32.6 Å². The maximum Gasteiger partial charge on any atom is 0.329 e. The Labute approximate surface area is 123 Å². The lowest BCUT2D eigenvalue weighted by Gasteiger charge is -2.26. The van der Waals surface area contributed by atoms with Crippen LogP contribution in [0.4, 0.5) is 4.79 Å². The monoisotopic (exact) mass is 294 g/mol. The Bertz CT molecular complexity index is 484. The molecule has 0 radical (unpaired) electrons. The topological polar surface area (TPSA) is 96.3 Å². The Morgan fingerprint density at radius 2 is 2.19 bits per heavy atom. The maximum absolute atomic E-state index is 11.8. The number of carbonyl (C=O) groups excluding carboxylic acids is 1. The van der Waals surface area contributed by atoms with Crippen LogP contribution in [-0.2, 0) is 11.3 Å². The molecular formula is C14H22N4O3. The predicted octanol–water partition coefficient (Wildman–Crippen LogP) is 1.22. The van der Waals surface area contributed by atoms with Crippen molar-refractivity contribution in [1.29, 1.82) is 0 Å². The number of carbonyl (C=O) groups is 2. The second kappa shape index (κ2) is 6.60. The Hall–Kier alpha value is -2.05. The molecule has 0 aromatic carbocycles. The Kier molecular flexibility index (Phi) is 4.82.